The van der Waals surface area contributed by atoms with Crippen molar-refractivity contribution in [1.29, 1.82) is 0 Å². The average molecular weight is 357 g/mol. The van der Waals surface area contributed by atoms with Crippen LogP contribution in [0.5, 0.6) is 5.75 Å². The highest BCUT2D eigenvalue weighted by molar-refractivity contribution is 5.41. The maximum atomic E-state index is 6.12. The van der Waals surface area contributed by atoms with Crippen LogP contribution in [0.25, 0.3) is 0 Å². The Morgan fingerprint density at radius 2 is 2.08 bits per heavy atom. The number of methoxy groups -OCH3 is 2. The summed E-state index contributed by atoms with van der Waals surface area (Å²) >= 11 is 0. The number of aryl methyl sites for hydroxylation is 1. The summed E-state index contributed by atoms with van der Waals surface area (Å²) in [5.41, 5.74) is 3.25. The van der Waals surface area contributed by atoms with E-state index in [-0.39, 0.29) is 5.41 Å². The SMILES string of the molecule is C=C[C@H]1CC2(C)C(OCOC)CCC2C2CCc3cc(OC)ccc3C21. The van der Waals surface area contributed by atoms with Gasteiger partial charge in [0.2, 0.25) is 0 Å². The van der Waals surface area contributed by atoms with E-state index in [1.54, 1.807) is 14.2 Å². The van der Waals surface area contributed by atoms with Crippen molar-refractivity contribution < 1.29 is 14.2 Å². The number of rotatable bonds is 5. The van der Waals surface area contributed by atoms with Crippen LogP contribution in [0.15, 0.2) is 30.9 Å². The standard InChI is InChI=1S/C23H32O3/c1-5-15-13-23(2)20(10-11-21(23)26-14-24-3)19-8-6-16-12-17(25-4)7-9-18(16)22(15)19/h5,7,9,12,15,19-22H,1,6,8,10-11,13-14H2,2-4H3/t15-,19?,20?,21?,22?,23?/m0/s1. The zero-order valence-electron chi connectivity index (χ0n) is 16.4. The lowest BCUT2D eigenvalue weighted by molar-refractivity contribution is -0.130. The van der Waals surface area contributed by atoms with Gasteiger partial charge in [-0.05, 0) is 84.5 Å². The minimum absolute atomic E-state index is 0.239. The Morgan fingerprint density at radius 3 is 2.81 bits per heavy atom. The van der Waals surface area contributed by atoms with Gasteiger partial charge in [-0.3, -0.25) is 0 Å². The van der Waals surface area contributed by atoms with Crippen LogP contribution in [0.4, 0.5) is 0 Å². The van der Waals surface area contributed by atoms with Crippen LogP contribution in [-0.2, 0) is 15.9 Å². The largest absolute Gasteiger partial charge is 0.497 e. The first-order valence-electron chi connectivity index (χ1n) is 10.0. The van der Waals surface area contributed by atoms with E-state index in [0.29, 0.717) is 24.7 Å². The van der Waals surface area contributed by atoms with Crippen LogP contribution in [0.1, 0.15) is 49.7 Å². The molecule has 6 atom stereocenters. The molecule has 5 unspecified atom stereocenters. The number of hydrogen-bond acceptors (Lipinski definition) is 3. The molecule has 0 aromatic heterocycles. The van der Waals surface area contributed by atoms with Gasteiger partial charge in [-0.2, -0.15) is 0 Å². The molecule has 2 saturated carbocycles. The van der Waals surface area contributed by atoms with Gasteiger partial charge in [0.05, 0.1) is 13.2 Å². The van der Waals surface area contributed by atoms with Gasteiger partial charge in [-0.15, -0.1) is 6.58 Å². The Labute approximate surface area is 157 Å². The summed E-state index contributed by atoms with van der Waals surface area (Å²) in [6.07, 6.45) is 8.56. The molecule has 0 bridgehead atoms. The molecule has 4 rings (SSSR count). The quantitative estimate of drug-likeness (QED) is 0.552. The van der Waals surface area contributed by atoms with Crippen LogP contribution in [0, 0.1) is 23.2 Å². The molecule has 3 heteroatoms. The van der Waals surface area contributed by atoms with Gasteiger partial charge in [0.15, 0.2) is 0 Å². The fourth-order valence-electron chi connectivity index (χ4n) is 6.49. The second kappa shape index (κ2) is 7.01. The molecule has 0 aliphatic heterocycles. The zero-order chi connectivity index (χ0) is 18.3. The number of fused-ring (bicyclic) bond motifs is 5. The summed E-state index contributed by atoms with van der Waals surface area (Å²) in [4.78, 5) is 0. The minimum atomic E-state index is 0.239. The van der Waals surface area contributed by atoms with Crippen molar-refractivity contribution in [3.63, 3.8) is 0 Å². The highest BCUT2D eigenvalue weighted by Crippen LogP contribution is 2.63. The molecule has 3 aliphatic rings. The highest BCUT2D eigenvalue weighted by atomic mass is 16.7. The molecule has 0 saturated heterocycles. The van der Waals surface area contributed by atoms with E-state index in [1.165, 1.54) is 30.4 Å². The third kappa shape index (κ3) is 2.71. The molecule has 0 radical (unpaired) electrons. The molecule has 1 aromatic carbocycles. The third-order valence-corrected chi connectivity index (χ3v) is 7.58. The fourth-order valence-corrected chi connectivity index (χ4v) is 6.49. The Bertz CT molecular complexity index is 669. The lowest BCUT2D eigenvalue weighted by Gasteiger charge is -2.53. The molecular formula is C23H32O3. The predicted molar refractivity (Wildman–Crippen MR) is 103 cm³/mol. The van der Waals surface area contributed by atoms with Crippen molar-refractivity contribution in [1.82, 2.24) is 0 Å². The molecule has 2 fully saturated rings. The van der Waals surface area contributed by atoms with Gasteiger partial charge in [0.25, 0.3) is 0 Å². The number of benzene rings is 1. The fraction of sp³-hybridized carbons (Fsp3) is 0.652. The summed E-state index contributed by atoms with van der Waals surface area (Å²) in [7, 11) is 3.47. The normalized spacial score (nSPS) is 38.2. The van der Waals surface area contributed by atoms with E-state index in [9.17, 15) is 0 Å². The molecule has 26 heavy (non-hydrogen) atoms. The summed E-state index contributed by atoms with van der Waals surface area (Å²) in [6.45, 7) is 7.09. The highest BCUT2D eigenvalue weighted by Gasteiger charge is 2.57. The monoisotopic (exact) mass is 356 g/mol. The molecule has 0 amide bonds. The second-order valence-electron chi connectivity index (χ2n) is 8.65. The van der Waals surface area contributed by atoms with E-state index in [4.69, 9.17) is 14.2 Å². The van der Waals surface area contributed by atoms with Crippen LogP contribution >= 0.6 is 0 Å². The van der Waals surface area contributed by atoms with E-state index >= 15 is 0 Å². The maximum absolute atomic E-state index is 6.12. The van der Waals surface area contributed by atoms with Gasteiger partial charge in [-0.25, -0.2) is 0 Å². The average Bonchev–Trinajstić information content (AvgIpc) is 3.00. The molecule has 3 nitrogen and oxygen atoms in total. The van der Waals surface area contributed by atoms with Crippen molar-refractivity contribution in [3.05, 3.63) is 42.0 Å². The van der Waals surface area contributed by atoms with Gasteiger partial charge < -0.3 is 14.2 Å². The lowest BCUT2D eigenvalue weighted by Crippen LogP contribution is -2.48. The molecule has 142 valence electrons. The molecule has 1 aromatic rings. The summed E-state index contributed by atoms with van der Waals surface area (Å²) in [5, 5.41) is 0. The Kier molecular flexibility index (Phi) is 4.87. The first kappa shape index (κ1) is 18.1. The second-order valence-corrected chi connectivity index (χ2v) is 8.65. The molecule has 0 spiro atoms. The maximum Gasteiger partial charge on any atom is 0.146 e. The molecule has 0 N–H and O–H groups in total. The Balaban J connectivity index is 1.68. The van der Waals surface area contributed by atoms with E-state index < -0.39 is 0 Å². The zero-order valence-corrected chi connectivity index (χ0v) is 16.4. The van der Waals surface area contributed by atoms with Crippen LogP contribution < -0.4 is 4.74 Å². The first-order chi connectivity index (χ1) is 12.6. The lowest BCUT2D eigenvalue weighted by atomic mass is 9.52. The number of ether oxygens (including phenoxy) is 3. The van der Waals surface area contributed by atoms with Gasteiger partial charge >= 0.3 is 0 Å². The topological polar surface area (TPSA) is 27.7 Å². The molecule has 3 aliphatic carbocycles. The summed E-state index contributed by atoms with van der Waals surface area (Å²) in [5.74, 6) is 3.56. The van der Waals surface area contributed by atoms with Gasteiger partial charge in [-0.1, -0.05) is 19.1 Å². The van der Waals surface area contributed by atoms with E-state index in [2.05, 4.69) is 37.8 Å². The Hall–Kier alpha value is -1.32. The van der Waals surface area contributed by atoms with Crippen LogP contribution in [0.3, 0.4) is 0 Å². The van der Waals surface area contributed by atoms with Crippen molar-refractivity contribution in [2.45, 2.75) is 51.0 Å². The summed E-state index contributed by atoms with van der Waals surface area (Å²) in [6, 6.07) is 6.70. The van der Waals surface area contributed by atoms with Crippen LogP contribution in [-0.4, -0.2) is 27.1 Å². The Morgan fingerprint density at radius 1 is 1.23 bits per heavy atom. The first-order valence-corrected chi connectivity index (χ1v) is 10.0. The van der Waals surface area contributed by atoms with E-state index in [0.717, 1.165) is 30.4 Å². The van der Waals surface area contributed by atoms with Crippen LogP contribution in [0.2, 0.25) is 0 Å². The van der Waals surface area contributed by atoms with Crippen molar-refractivity contribution in [3.8, 4) is 5.75 Å². The number of allylic oxidation sites excluding steroid dienone is 1. The smallest absolute Gasteiger partial charge is 0.146 e. The third-order valence-electron chi connectivity index (χ3n) is 7.58. The van der Waals surface area contributed by atoms with Crippen molar-refractivity contribution in [2.24, 2.45) is 23.2 Å². The van der Waals surface area contributed by atoms with Gasteiger partial charge in [0.1, 0.15) is 12.5 Å². The predicted octanol–water partition coefficient (Wildman–Crippen LogP) is 4.95. The molecule has 0 heterocycles. The number of hydrogen-bond donors (Lipinski definition) is 0. The van der Waals surface area contributed by atoms with Crippen molar-refractivity contribution in [2.75, 3.05) is 21.0 Å². The molecular weight excluding hydrogens is 324 g/mol. The summed E-state index contributed by atoms with van der Waals surface area (Å²) < 4.78 is 16.8. The minimum Gasteiger partial charge on any atom is -0.497 e. The van der Waals surface area contributed by atoms with E-state index in [1.807, 2.05) is 0 Å². The van der Waals surface area contributed by atoms with Gasteiger partial charge in [0, 0.05) is 7.11 Å². The van der Waals surface area contributed by atoms with Crippen molar-refractivity contribution >= 4 is 0 Å².